The van der Waals surface area contributed by atoms with Gasteiger partial charge in [-0.1, -0.05) is 19.1 Å². The number of fused-ring (bicyclic) bond motifs is 3. The molecule has 1 saturated carbocycles. The van der Waals surface area contributed by atoms with Gasteiger partial charge in [-0.3, -0.25) is 9.59 Å². The summed E-state index contributed by atoms with van der Waals surface area (Å²) in [7, 11) is 0. The van der Waals surface area contributed by atoms with Crippen LogP contribution in [0.1, 0.15) is 113 Å². The van der Waals surface area contributed by atoms with Gasteiger partial charge in [0.05, 0.1) is 77.9 Å². The molecule has 338 valence electrons. The van der Waals surface area contributed by atoms with Crippen LogP contribution in [-0.4, -0.2) is 145 Å². The van der Waals surface area contributed by atoms with Gasteiger partial charge in [-0.15, -0.1) is 0 Å². The molecule has 0 bridgehead atoms. The topological polar surface area (TPSA) is 250 Å². The molecule has 4 heterocycles. The van der Waals surface area contributed by atoms with Gasteiger partial charge in [0.1, 0.15) is 29.5 Å². The fourth-order valence-corrected chi connectivity index (χ4v) is 10.2. The number of carbonyl (C=O) groups excluding carboxylic acids is 2. The summed E-state index contributed by atoms with van der Waals surface area (Å²) in [5.41, 5.74) is -2.78. The molecule has 0 aromatic heterocycles. The lowest BCUT2D eigenvalue weighted by molar-refractivity contribution is -0.323. The third kappa shape index (κ3) is 8.30. The second-order valence-electron chi connectivity index (χ2n) is 17.8. The molecule has 0 radical (unpaired) electrons. The van der Waals surface area contributed by atoms with Crippen LogP contribution >= 0.6 is 0 Å². The molecule has 0 amide bonds. The second-order valence-corrected chi connectivity index (χ2v) is 17.8. The van der Waals surface area contributed by atoms with Crippen molar-refractivity contribution in [1.29, 1.82) is 0 Å². The SMILES string of the molecule is CCC1(O)CC(OC2CC(O)C(OC3CCC(OC4CCC(OC5CCC(O)C(C)O5)C(C)O4)C(C)O3)C(C)O2)C2=C(O)C3C(=O)c4c(O)cccc4C(=O)C3C(O)=C2C1O. The summed E-state index contributed by atoms with van der Waals surface area (Å²) in [6, 6.07) is 3.97. The molecule has 0 spiro atoms. The lowest BCUT2D eigenvalue weighted by atomic mass is 9.62. The van der Waals surface area contributed by atoms with Crippen LogP contribution in [0, 0.1) is 11.8 Å². The summed E-state index contributed by atoms with van der Waals surface area (Å²) in [5, 5.41) is 78.4. The summed E-state index contributed by atoms with van der Waals surface area (Å²) in [6.07, 6.45) is -6.82. The van der Waals surface area contributed by atoms with Crippen molar-refractivity contribution < 1.29 is 83.2 Å². The van der Waals surface area contributed by atoms with Gasteiger partial charge in [0, 0.05) is 48.8 Å². The van der Waals surface area contributed by atoms with Crippen LogP contribution in [0.15, 0.2) is 40.9 Å². The van der Waals surface area contributed by atoms with Crippen molar-refractivity contribution in [2.24, 2.45) is 11.8 Å². The number of allylic oxidation sites excluding steroid dienone is 2. The average molecular weight is 861 g/mol. The van der Waals surface area contributed by atoms with Crippen molar-refractivity contribution >= 4 is 11.6 Å². The van der Waals surface area contributed by atoms with Crippen LogP contribution in [0.4, 0.5) is 0 Å². The van der Waals surface area contributed by atoms with Crippen LogP contribution in [0.25, 0.3) is 0 Å². The third-order valence-corrected chi connectivity index (χ3v) is 13.8. The standard InChI is InChI=1S/C44H60O17/c1-6-44(53)17-28(34-37(43(44)52)41(51)35-36(40(34)50)39(49)33-22(38(35)48)8-7-9-24(33)46)60-32-16-25(47)42(21(5)57-32)61-31-15-12-27(20(4)56-31)59-30-14-11-26(19(3)55-30)58-29-13-10-23(45)18(2)54-29/h7-9,18-21,23,25-32,35-36,42-43,45-47,50-53H,6,10-17H2,1-5H3. The highest BCUT2D eigenvalue weighted by Crippen LogP contribution is 2.52. The van der Waals surface area contributed by atoms with Crippen LogP contribution in [0.5, 0.6) is 5.75 Å². The Morgan fingerprint density at radius 3 is 1.80 bits per heavy atom. The van der Waals surface area contributed by atoms with Crippen LogP contribution in [0.3, 0.4) is 0 Å². The lowest BCUT2D eigenvalue weighted by Crippen LogP contribution is -2.57. The van der Waals surface area contributed by atoms with Crippen molar-refractivity contribution in [2.45, 2.75) is 190 Å². The smallest absolute Gasteiger partial charge is 0.179 e. The molecule has 8 rings (SSSR count). The first-order valence-corrected chi connectivity index (χ1v) is 21.8. The molecule has 4 aliphatic heterocycles. The van der Waals surface area contributed by atoms with Gasteiger partial charge < -0.3 is 73.6 Å². The zero-order chi connectivity index (χ0) is 43.7. The van der Waals surface area contributed by atoms with Crippen LogP contribution in [0.2, 0.25) is 0 Å². The average Bonchev–Trinajstić information content (AvgIpc) is 3.21. The van der Waals surface area contributed by atoms with Gasteiger partial charge in [0.2, 0.25) is 0 Å². The molecule has 17 nitrogen and oxygen atoms in total. The monoisotopic (exact) mass is 860 g/mol. The minimum absolute atomic E-state index is 0.00633. The van der Waals surface area contributed by atoms with Gasteiger partial charge in [-0.2, -0.15) is 0 Å². The van der Waals surface area contributed by atoms with Crippen molar-refractivity contribution in [3.63, 3.8) is 0 Å². The zero-order valence-corrected chi connectivity index (χ0v) is 35.1. The Balaban J connectivity index is 0.882. The van der Waals surface area contributed by atoms with Crippen LogP contribution < -0.4 is 0 Å². The van der Waals surface area contributed by atoms with E-state index in [4.69, 9.17) is 37.9 Å². The first-order valence-electron chi connectivity index (χ1n) is 21.8. The molecule has 17 heteroatoms. The van der Waals surface area contributed by atoms with Gasteiger partial charge in [0.15, 0.2) is 36.7 Å². The highest BCUT2D eigenvalue weighted by Gasteiger charge is 2.58. The van der Waals surface area contributed by atoms with Crippen molar-refractivity contribution in [3.8, 4) is 5.75 Å². The lowest BCUT2D eigenvalue weighted by Gasteiger charge is -2.48. The Hall–Kier alpha value is -3.04. The van der Waals surface area contributed by atoms with Crippen molar-refractivity contribution in [2.75, 3.05) is 0 Å². The maximum absolute atomic E-state index is 13.8. The Labute approximate surface area is 354 Å². The number of hydrogen-bond acceptors (Lipinski definition) is 17. The molecule has 7 N–H and O–H groups in total. The summed E-state index contributed by atoms with van der Waals surface area (Å²) in [6.45, 7) is 9.00. The molecule has 61 heavy (non-hydrogen) atoms. The normalized spacial score (nSPS) is 44.4. The van der Waals surface area contributed by atoms with Gasteiger partial charge in [0.25, 0.3) is 0 Å². The number of phenols is 1. The fraction of sp³-hybridized carbons (Fsp3) is 0.727. The number of phenolic OH excluding ortho intramolecular Hbond substituents is 1. The number of aromatic hydroxyl groups is 1. The minimum atomic E-state index is -1.88. The fourth-order valence-electron chi connectivity index (χ4n) is 10.2. The number of aliphatic hydroxyl groups is 6. The first kappa shape index (κ1) is 44.6. The van der Waals surface area contributed by atoms with E-state index in [-0.39, 0.29) is 78.3 Å². The minimum Gasteiger partial charge on any atom is -0.511 e. The van der Waals surface area contributed by atoms with E-state index in [2.05, 4.69) is 0 Å². The maximum Gasteiger partial charge on any atom is 0.179 e. The molecule has 3 aliphatic carbocycles. The third-order valence-electron chi connectivity index (χ3n) is 13.8. The predicted octanol–water partition coefficient (Wildman–Crippen LogP) is 3.52. The highest BCUT2D eigenvalue weighted by molar-refractivity contribution is 6.19. The molecular weight excluding hydrogens is 800 g/mol. The number of hydrogen-bond donors (Lipinski definition) is 7. The predicted molar refractivity (Wildman–Crippen MR) is 210 cm³/mol. The van der Waals surface area contributed by atoms with E-state index in [1.165, 1.54) is 18.2 Å². The summed E-state index contributed by atoms with van der Waals surface area (Å²) < 4.78 is 49.6. The number of carbonyl (C=O) groups is 2. The quantitative estimate of drug-likeness (QED) is 0.188. The Morgan fingerprint density at radius 2 is 1.21 bits per heavy atom. The molecule has 18 unspecified atom stereocenters. The highest BCUT2D eigenvalue weighted by atomic mass is 16.7. The first-order chi connectivity index (χ1) is 29.0. The van der Waals surface area contributed by atoms with E-state index in [1.807, 2.05) is 20.8 Å². The van der Waals surface area contributed by atoms with E-state index in [0.29, 0.717) is 32.1 Å². The number of ketones is 2. The van der Waals surface area contributed by atoms with E-state index < -0.39 is 102 Å². The van der Waals surface area contributed by atoms with Crippen molar-refractivity contribution in [1.82, 2.24) is 0 Å². The number of Topliss-reactive ketones (excluding diaryl/α,β-unsaturated/α-hetero) is 2. The van der Waals surface area contributed by atoms with E-state index in [9.17, 15) is 45.3 Å². The number of benzene rings is 1. The van der Waals surface area contributed by atoms with Gasteiger partial charge in [-0.25, -0.2) is 0 Å². The van der Waals surface area contributed by atoms with Crippen molar-refractivity contribution in [3.05, 3.63) is 52.0 Å². The summed E-state index contributed by atoms with van der Waals surface area (Å²) >= 11 is 0. The summed E-state index contributed by atoms with van der Waals surface area (Å²) in [5.74, 6) is -6.53. The Morgan fingerprint density at radius 1 is 0.656 bits per heavy atom. The van der Waals surface area contributed by atoms with Gasteiger partial charge in [-0.05, 0) is 59.4 Å². The Bertz CT molecular complexity index is 1870. The molecule has 7 aliphatic rings. The van der Waals surface area contributed by atoms with E-state index in [1.54, 1.807) is 13.8 Å². The molecule has 1 aromatic rings. The maximum atomic E-state index is 13.8. The van der Waals surface area contributed by atoms with E-state index in [0.717, 1.165) is 6.42 Å². The largest absolute Gasteiger partial charge is 0.511 e. The molecule has 4 saturated heterocycles. The van der Waals surface area contributed by atoms with Crippen LogP contribution in [-0.2, 0) is 37.9 Å². The number of rotatable bonds is 9. The molecule has 5 fully saturated rings. The number of aliphatic hydroxyl groups excluding tert-OH is 5. The van der Waals surface area contributed by atoms with E-state index >= 15 is 0 Å². The molecular formula is C44H60O17. The number of ether oxygens (including phenoxy) is 8. The Kier molecular flexibility index (Phi) is 12.8. The summed E-state index contributed by atoms with van der Waals surface area (Å²) in [4.78, 5) is 27.5. The zero-order valence-electron chi connectivity index (χ0n) is 35.1. The van der Waals surface area contributed by atoms with Gasteiger partial charge >= 0.3 is 0 Å². The second kappa shape index (κ2) is 17.5. The molecule has 1 aromatic carbocycles. The molecule has 18 atom stereocenters.